The fourth-order valence-corrected chi connectivity index (χ4v) is 3.02. The molecule has 22 heavy (non-hydrogen) atoms. The second kappa shape index (κ2) is 5.93. The van der Waals surface area contributed by atoms with Crippen LogP contribution in [-0.4, -0.2) is 29.6 Å². The van der Waals surface area contributed by atoms with Gasteiger partial charge in [-0.2, -0.15) is 0 Å². The summed E-state index contributed by atoms with van der Waals surface area (Å²) in [4.78, 5) is 12.5. The lowest BCUT2D eigenvalue weighted by molar-refractivity contribution is 0.0939. The highest BCUT2D eigenvalue weighted by molar-refractivity contribution is 5.96. The maximum atomic E-state index is 13.1. The van der Waals surface area contributed by atoms with Crippen molar-refractivity contribution in [1.29, 1.82) is 0 Å². The third-order valence-corrected chi connectivity index (χ3v) is 4.16. The van der Waals surface area contributed by atoms with E-state index in [1.807, 2.05) is 24.5 Å². The van der Waals surface area contributed by atoms with Crippen LogP contribution in [0.15, 0.2) is 30.3 Å². The number of nitrogens with one attached hydrogen (secondary N) is 2. The van der Waals surface area contributed by atoms with Gasteiger partial charge in [-0.1, -0.05) is 0 Å². The number of carbonyl (C=O) groups is 1. The van der Waals surface area contributed by atoms with Gasteiger partial charge in [0.05, 0.1) is 5.56 Å². The predicted molar refractivity (Wildman–Crippen MR) is 83.9 cm³/mol. The van der Waals surface area contributed by atoms with E-state index in [0.29, 0.717) is 5.56 Å². The third-order valence-electron chi connectivity index (χ3n) is 4.16. The molecule has 1 aromatic heterocycles. The minimum absolute atomic E-state index is 0.0461. The molecule has 1 fully saturated rings. The van der Waals surface area contributed by atoms with Crippen molar-refractivity contribution in [2.75, 3.05) is 13.1 Å². The summed E-state index contributed by atoms with van der Waals surface area (Å²) < 4.78 is 15.1. The van der Waals surface area contributed by atoms with Gasteiger partial charge in [-0.25, -0.2) is 4.39 Å². The lowest BCUT2D eigenvalue weighted by Crippen LogP contribution is -2.36. The summed E-state index contributed by atoms with van der Waals surface area (Å²) in [6, 6.07) is 8.38. The lowest BCUT2D eigenvalue weighted by Gasteiger charge is -2.12. The molecule has 0 saturated carbocycles. The Kier molecular flexibility index (Phi) is 3.98. The molecule has 2 aromatic rings. The van der Waals surface area contributed by atoms with Gasteiger partial charge in [0.1, 0.15) is 5.82 Å². The zero-order chi connectivity index (χ0) is 15.7. The molecule has 2 heterocycles. The Balaban J connectivity index is 1.89. The molecule has 0 aliphatic carbocycles. The van der Waals surface area contributed by atoms with Gasteiger partial charge in [-0.05, 0) is 57.1 Å². The third kappa shape index (κ3) is 2.76. The van der Waals surface area contributed by atoms with Gasteiger partial charge in [-0.15, -0.1) is 0 Å². The van der Waals surface area contributed by atoms with E-state index in [9.17, 15) is 9.18 Å². The molecule has 2 N–H and O–H groups in total. The first-order chi connectivity index (χ1) is 10.6. The van der Waals surface area contributed by atoms with Crippen LogP contribution in [-0.2, 0) is 0 Å². The van der Waals surface area contributed by atoms with Crippen LogP contribution in [0.25, 0.3) is 5.69 Å². The Hall–Kier alpha value is -2.14. The van der Waals surface area contributed by atoms with Crippen molar-refractivity contribution in [3.8, 4) is 5.69 Å². The zero-order valence-electron chi connectivity index (χ0n) is 12.8. The first-order valence-corrected chi connectivity index (χ1v) is 7.52. The van der Waals surface area contributed by atoms with Crippen LogP contribution in [0.2, 0.25) is 0 Å². The highest BCUT2D eigenvalue weighted by Gasteiger charge is 2.21. The second-order valence-electron chi connectivity index (χ2n) is 5.76. The maximum absolute atomic E-state index is 13.1. The van der Waals surface area contributed by atoms with E-state index in [4.69, 9.17) is 0 Å². The van der Waals surface area contributed by atoms with Crippen molar-refractivity contribution >= 4 is 5.91 Å². The summed E-state index contributed by atoms with van der Waals surface area (Å²) in [5.74, 6) is -0.312. The minimum Gasteiger partial charge on any atom is -0.348 e. The molecule has 5 heteroatoms. The summed E-state index contributed by atoms with van der Waals surface area (Å²) in [6.07, 6.45) is 0.961. The highest BCUT2D eigenvalue weighted by atomic mass is 19.1. The Bertz CT molecular complexity index is 685. The summed E-state index contributed by atoms with van der Waals surface area (Å²) >= 11 is 0. The minimum atomic E-state index is -0.266. The highest BCUT2D eigenvalue weighted by Crippen LogP contribution is 2.21. The smallest absolute Gasteiger partial charge is 0.253 e. The first-order valence-electron chi connectivity index (χ1n) is 7.52. The molecule has 0 bridgehead atoms. The first kappa shape index (κ1) is 14.8. The summed E-state index contributed by atoms with van der Waals surface area (Å²) in [6.45, 7) is 5.63. The molecule has 1 atom stereocenters. The van der Waals surface area contributed by atoms with Gasteiger partial charge in [0.25, 0.3) is 5.91 Å². The Morgan fingerprint density at radius 2 is 2.05 bits per heavy atom. The molecule has 1 aromatic carbocycles. The van der Waals surface area contributed by atoms with Crippen LogP contribution in [0.1, 0.15) is 28.2 Å². The Labute approximate surface area is 129 Å². The van der Waals surface area contributed by atoms with E-state index >= 15 is 0 Å². The van der Waals surface area contributed by atoms with Crippen LogP contribution in [0, 0.1) is 19.7 Å². The van der Waals surface area contributed by atoms with Crippen molar-refractivity contribution in [2.45, 2.75) is 26.3 Å². The van der Waals surface area contributed by atoms with E-state index < -0.39 is 0 Å². The van der Waals surface area contributed by atoms with E-state index in [2.05, 4.69) is 10.6 Å². The predicted octanol–water partition coefficient (Wildman–Crippen LogP) is 2.32. The average molecular weight is 301 g/mol. The van der Waals surface area contributed by atoms with Gasteiger partial charge in [-0.3, -0.25) is 4.79 Å². The Morgan fingerprint density at radius 3 is 2.68 bits per heavy atom. The number of nitrogens with zero attached hydrogens (tertiary/aromatic N) is 1. The fourth-order valence-electron chi connectivity index (χ4n) is 3.02. The van der Waals surface area contributed by atoms with Gasteiger partial charge >= 0.3 is 0 Å². The number of hydrogen-bond donors (Lipinski definition) is 2. The summed E-state index contributed by atoms with van der Waals surface area (Å²) in [5, 5.41) is 6.30. The number of amides is 1. The molecule has 1 aliphatic rings. The number of benzene rings is 1. The number of aryl methyl sites for hydroxylation is 1. The molecule has 1 amide bonds. The summed E-state index contributed by atoms with van der Waals surface area (Å²) in [7, 11) is 0. The van der Waals surface area contributed by atoms with Crippen molar-refractivity contribution in [3.05, 3.63) is 53.1 Å². The number of hydrogen-bond acceptors (Lipinski definition) is 2. The molecule has 3 rings (SSSR count). The topological polar surface area (TPSA) is 46.1 Å². The second-order valence-corrected chi connectivity index (χ2v) is 5.76. The van der Waals surface area contributed by atoms with Crippen LogP contribution in [0.5, 0.6) is 0 Å². The SMILES string of the molecule is Cc1cc(C(=O)NC2CCNC2)c(C)n1-c1ccc(F)cc1. The maximum Gasteiger partial charge on any atom is 0.253 e. The molecule has 1 unspecified atom stereocenters. The van der Waals surface area contributed by atoms with Gasteiger partial charge in [0, 0.05) is 29.7 Å². The molecule has 116 valence electrons. The average Bonchev–Trinajstić information content (AvgIpc) is 3.09. The van der Waals surface area contributed by atoms with Crippen LogP contribution >= 0.6 is 0 Å². The lowest BCUT2D eigenvalue weighted by atomic mass is 10.2. The normalized spacial score (nSPS) is 17.7. The van der Waals surface area contributed by atoms with Crippen LogP contribution < -0.4 is 10.6 Å². The van der Waals surface area contributed by atoms with Crippen LogP contribution in [0.3, 0.4) is 0 Å². The van der Waals surface area contributed by atoms with Gasteiger partial charge in [0.15, 0.2) is 0 Å². The van der Waals surface area contributed by atoms with E-state index in [1.54, 1.807) is 12.1 Å². The molecular formula is C17H20FN3O. The molecule has 1 saturated heterocycles. The largest absolute Gasteiger partial charge is 0.348 e. The van der Waals surface area contributed by atoms with Gasteiger partial charge < -0.3 is 15.2 Å². The monoisotopic (exact) mass is 301 g/mol. The van der Waals surface area contributed by atoms with E-state index in [-0.39, 0.29) is 17.8 Å². The standard InChI is InChI=1S/C17H20FN3O/c1-11-9-16(17(22)20-14-7-8-19-10-14)12(2)21(11)15-5-3-13(18)4-6-15/h3-6,9,14,19H,7-8,10H2,1-2H3,(H,20,22). The molecule has 1 aliphatic heterocycles. The molecule has 4 nitrogen and oxygen atoms in total. The number of halogens is 1. The quantitative estimate of drug-likeness (QED) is 0.914. The Morgan fingerprint density at radius 1 is 1.32 bits per heavy atom. The summed E-state index contributed by atoms with van der Waals surface area (Å²) in [5.41, 5.74) is 3.36. The van der Waals surface area contributed by atoms with Crippen molar-refractivity contribution in [1.82, 2.24) is 15.2 Å². The zero-order valence-corrected chi connectivity index (χ0v) is 12.8. The van der Waals surface area contributed by atoms with Crippen molar-refractivity contribution in [2.24, 2.45) is 0 Å². The van der Waals surface area contributed by atoms with Crippen LogP contribution in [0.4, 0.5) is 4.39 Å². The van der Waals surface area contributed by atoms with E-state index in [1.165, 1.54) is 12.1 Å². The number of rotatable bonds is 3. The van der Waals surface area contributed by atoms with Crippen molar-refractivity contribution in [3.63, 3.8) is 0 Å². The molecular weight excluding hydrogens is 281 g/mol. The molecule has 0 radical (unpaired) electrons. The van der Waals surface area contributed by atoms with Crippen molar-refractivity contribution < 1.29 is 9.18 Å². The number of aromatic nitrogens is 1. The van der Waals surface area contributed by atoms with E-state index in [0.717, 1.165) is 36.6 Å². The number of carbonyl (C=O) groups excluding carboxylic acids is 1. The van der Waals surface area contributed by atoms with Gasteiger partial charge in [0.2, 0.25) is 0 Å². The molecule has 0 spiro atoms. The fraction of sp³-hybridized carbons (Fsp3) is 0.353.